The Morgan fingerprint density at radius 1 is 1.24 bits per heavy atom. The van der Waals surface area contributed by atoms with E-state index in [0.717, 1.165) is 0 Å². The topological polar surface area (TPSA) is 83.8 Å². The highest BCUT2D eigenvalue weighted by atomic mass is 16.5. The van der Waals surface area contributed by atoms with Crippen LogP contribution >= 0.6 is 0 Å². The Kier molecular flexibility index (Phi) is 4.51. The van der Waals surface area contributed by atoms with E-state index in [1.165, 1.54) is 7.11 Å². The minimum atomic E-state index is -1.01. The molecule has 0 bridgehead atoms. The number of hydrogen-bond acceptors (Lipinski definition) is 3. The number of ether oxygens (including phenoxy) is 1. The van der Waals surface area contributed by atoms with Gasteiger partial charge in [-0.15, -0.1) is 0 Å². The Hall–Kier alpha value is -2.04. The molecule has 0 aromatic heterocycles. The molecule has 92 valence electrons. The maximum atomic E-state index is 10.7. The standard InChI is InChI=1S/C12H14O5/c1-17-10-4-2-3-8(5-10)9(6-11(13)14)7-12(15)16/h2-5,9H,6-7H2,1H3,(H,13,14)(H,15,16). The van der Waals surface area contributed by atoms with E-state index < -0.39 is 17.9 Å². The van der Waals surface area contributed by atoms with E-state index in [9.17, 15) is 9.59 Å². The van der Waals surface area contributed by atoms with Crippen molar-refractivity contribution in [2.45, 2.75) is 18.8 Å². The van der Waals surface area contributed by atoms with E-state index in [1.807, 2.05) is 0 Å². The maximum absolute atomic E-state index is 10.7. The van der Waals surface area contributed by atoms with Crippen LogP contribution in [0.3, 0.4) is 0 Å². The third-order valence-electron chi connectivity index (χ3n) is 2.41. The fourth-order valence-corrected chi connectivity index (χ4v) is 1.62. The lowest BCUT2D eigenvalue weighted by molar-refractivity contribution is -0.139. The van der Waals surface area contributed by atoms with Crippen LogP contribution in [0.4, 0.5) is 0 Å². The Balaban J connectivity index is 2.94. The molecule has 17 heavy (non-hydrogen) atoms. The summed E-state index contributed by atoms with van der Waals surface area (Å²) in [4.78, 5) is 21.4. The van der Waals surface area contributed by atoms with Crippen LogP contribution < -0.4 is 4.74 Å². The Labute approximate surface area is 98.6 Å². The molecule has 1 aromatic carbocycles. The molecule has 2 N–H and O–H groups in total. The van der Waals surface area contributed by atoms with Crippen molar-refractivity contribution in [2.75, 3.05) is 7.11 Å². The van der Waals surface area contributed by atoms with Gasteiger partial charge in [0.15, 0.2) is 0 Å². The number of rotatable bonds is 6. The molecule has 0 saturated heterocycles. The number of carboxylic acids is 2. The molecule has 0 aliphatic carbocycles. The number of carbonyl (C=O) groups is 2. The summed E-state index contributed by atoms with van der Waals surface area (Å²) in [7, 11) is 1.50. The van der Waals surface area contributed by atoms with Crippen LogP contribution in [0.1, 0.15) is 24.3 Å². The summed E-state index contributed by atoms with van der Waals surface area (Å²) in [5.41, 5.74) is 0.661. The molecule has 5 heteroatoms. The van der Waals surface area contributed by atoms with Gasteiger partial charge in [-0.05, 0) is 17.7 Å². The van der Waals surface area contributed by atoms with E-state index in [1.54, 1.807) is 24.3 Å². The second kappa shape index (κ2) is 5.89. The van der Waals surface area contributed by atoms with Crippen molar-refractivity contribution in [1.29, 1.82) is 0 Å². The molecule has 0 atom stereocenters. The summed E-state index contributed by atoms with van der Waals surface area (Å²) in [6, 6.07) is 6.81. The van der Waals surface area contributed by atoms with E-state index >= 15 is 0 Å². The quantitative estimate of drug-likeness (QED) is 0.788. The fraction of sp³-hybridized carbons (Fsp3) is 0.333. The van der Waals surface area contributed by atoms with Gasteiger partial charge in [-0.2, -0.15) is 0 Å². The van der Waals surface area contributed by atoms with Gasteiger partial charge in [0.05, 0.1) is 20.0 Å². The van der Waals surface area contributed by atoms with Gasteiger partial charge in [0.2, 0.25) is 0 Å². The lowest BCUT2D eigenvalue weighted by Gasteiger charge is -2.13. The van der Waals surface area contributed by atoms with Crippen LogP contribution in [-0.2, 0) is 9.59 Å². The maximum Gasteiger partial charge on any atom is 0.303 e. The van der Waals surface area contributed by atoms with Gasteiger partial charge in [0.25, 0.3) is 0 Å². The van der Waals surface area contributed by atoms with Crippen LogP contribution in [0.5, 0.6) is 5.75 Å². The smallest absolute Gasteiger partial charge is 0.303 e. The van der Waals surface area contributed by atoms with Crippen molar-refractivity contribution in [1.82, 2.24) is 0 Å². The van der Waals surface area contributed by atoms with E-state index in [2.05, 4.69) is 0 Å². The first-order valence-corrected chi connectivity index (χ1v) is 5.10. The molecule has 0 aliphatic heterocycles. The van der Waals surface area contributed by atoms with Crippen molar-refractivity contribution in [3.05, 3.63) is 29.8 Å². The average Bonchev–Trinajstić information content (AvgIpc) is 2.27. The molecule has 0 spiro atoms. The largest absolute Gasteiger partial charge is 0.497 e. The summed E-state index contributed by atoms with van der Waals surface area (Å²) in [6.45, 7) is 0. The summed E-state index contributed by atoms with van der Waals surface area (Å²) in [6.07, 6.45) is -0.418. The second-order valence-corrected chi connectivity index (χ2v) is 3.67. The van der Waals surface area contributed by atoms with Crippen molar-refractivity contribution in [2.24, 2.45) is 0 Å². The van der Waals surface area contributed by atoms with Crippen molar-refractivity contribution in [3.8, 4) is 5.75 Å². The first-order chi connectivity index (χ1) is 8.02. The normalized spacial score (nSPS) is 10.2. The molecular formula is C12H14O5. The Morgan fingerprint density at radius 3 is 2.29 bits per heavy atom. The van der Waals surface area contributed by atoms with Gasteiger partial charge in [0.1, 0.15) is 5.75 Å². The molecule has 1 rings (SSSR count). The molecular weight excluding hydrogens is 224 g/mol. The molecule has 0 amide bonds. The third-order valence-corrected chi connectivity index (χ3v) is 2.41. The lowest BCUT2D eigenvalue weighted by atomic mass is 9.92. The second-order valence-electron chi connectivity index (χ2n) is 3.67. The van der Waals surface area contributed by atoms with Crippen LogP contribution in [0.25, 0.3) is 0 Å². The molecule has 1 aromatic rings. The highest BCUT2D eigenvalue weighted by molar-refractivity contribution is 5.72. The van der Waals surface area contributed by atoms with Crippen molar-refractivity contribution in [3.63, 3.8) is 0 Å². The summed E-state index contributed by atoms with van der Waals surface area (Å²) < 4.78 is 5.02. The Bertz CT molecular complexity index is 397. The molecule has 0 heterocycles. The van der Waals surface area contributed by atoms with E-state index in [0.29, 0.717) is 11.3 Å². The summed E-state index contributed by atoms with van der Waals surface area (Å²) >= 11 is 0. The average molecular weight is 238 g/mol. The Morgan fingerprint density at radius 2 is 1.82 bits per heavy atom. The number of methoxy groups -OCH3 is 1. The van der Waals surface area contributed by atoms with Crippen molar-refractivity contribution >= 4 is 11.9 Å². The zero-order valence-electron chi connectivity index (χ0n) is 9.42. The summed E-state index contributed by atoms with van der Waals surface area (Å²) in [5, 5.41) is 17.5. The molecule has 0 fully saturated rings. The fourth-order valence-electron chi connectivity index (χ4n) is 1.62. The van der Waals surface area contributed by atoms with Crippen LogP contribution in [0.2, 0.25) is 0 Å². The predicted molar refractivity (Wildman–Crippen MR) is 60.2 cm³/mol. The SMILES string of the molecule is COc1cccc(C(CC(=O)O)CC(=O)O)c1. The molecule has 0 aliphatic rings. The zero-order chi connectivity index (χ0) is 12.8. The lowest BCUT2D eigenvalue weighted by Crippen LogP contribution is -2.11. The van der Waals surface area contributed by atoms with Crippen LogP contribution in [0, 0.1) is 0 Å². The number of hydrogen-bond donors (Lipinski definition) is 2. The predicted octanol–water partition coefficient (Wildman–Crippen LogP) is 1.73. The van der Waals surface area contributed by atoms with E-state index in [-0.39, 0.29) is 12.8 Å². The van der Waals surface area contributed by atoms with Gasteiger partial charge >= 0.3 is 11.9 Å². The van der Waals surface area contributed by atoms with Gasteiger partial charge in [-0.3, -0.25) is 9.59 Å². The molecule has 0 radical (unpaired) electrons. The first-order valence-electron chi connectivity index (χ1n) is 5.10. The monoisotopic (exact) mass is 238 g/mol. The zero-order valence-corrected chi connectivity index (χ0v) is 9.42. The van der Waals surface area contributed by atoms with Gasteiger partial charge < -0.3 is 14.9 Å². The molecule has 0 saturated carbocycles. The molecule has 5 nitrogen and oxygen atoms in total. The van der Waals surface area contributed by atoms with Gasteiger partial charge in [-0.1, -0.05) is 12.1 Å². The van der Waals surface area contributed by atoms with Gasteiger partial charge in [0, 0.05) is 5.92 Å². The number of aliphatic carboxylic acids is 2. The highest BCUT2D eigenvalue weighted by Gasteiger charge is 2.19. The minimum absolute atomic E-state index is 0.209. The first kappa shape index (κ1) is 13.0. The minimum Gasteiger partial charge on any atom is -0.497 e. The van der Waals surface area contributed by atoms with E-state index in [4.69, 9.17) is 14.9 Å². The number of carboxylic acid groups (broad SMARTS) is 2. The van der Waals surface area contributed by atoms with Crippen LogP contribution in [-0.4, -0.2) is 29.3 Å². The highest BCUT2D eigenvalue weighted by Crippen LogP contribution is 2.26. The number of benzene rings is 1. The summed E-state index contributed by atoms with van der Waals surface area (Å²) in [5.74, 6) is -1.98. The third kappa shape index (κ3) is 4.14. The molecule has 0 unspecified atom stereocenters. The van der Waals surface area contributed by atoms with Crippen molar-refractivity contribution < 1.29 is 24.5 Å². The van der Waals surface area contributed by atoms with Gasteiger partial charge in [-0.25, -0.2) is 0 Å². The van der Waals surface area contributed by atoms with Crippen LogP contribution in [0.15, 0.2) is 24.3 Å².